The van der Waals surface area contributed by atoms with Crippen LogP contribution in [-0.4, -0.2) is 11.6 Å². The van der Waals surface area contributed by atoms with Crippen LogP contribution in [0.15, 0.2) is 297 Å². The van der Waals surface area contributed by atoms with Gasteiger partial charge < -0.3 is 4.90 Å². The molecule has 2 heteroatoms. The number of aliphatic imine (C=N–C) groups is 1. The number of aryl methyl sites for hydroxylation is 1. The first-order chi connectivity index (χ1) is 35.8. The van der Waals surface area contributed by atoms with Gasteiger partial charge in [0.2, 0.25) is 0 Å². The summed E-state index contributed by atoms with van der Waals surface area (Å²) in [6, 6.07) is 56.5. The van der Waals surface area contributed by atoms with Crippen LogP contribution in [0.25, 0.3) is 67.2 Å². The first-order valence-corrected chi connectivity index (χ1v) is 24.7. The fraction of sp³-hybridized carbons (Fsp3) is 0.0563. The SMILES string of the molecule is C=C/C=C(\C=C/C)N(Cc1ccc2cc(-c3ccccccc4ccccc4c3C(/C=C\C(=C\C=C/C=C/C=c3/ccccc3=C)c3ccc4cc(C)ccc4c3)=C/C=C/C)ccc2c1)/C(C=C)=C(/C=C)N=C. The highest BCUT2D eigenvalue weighted by molar-refractivity contribution is 6.03. The van der Waals surface area contributed by atoms with Gasteiger partial charge in [0.25, 0.3) is 0 Å². The van der Waals surface area contributed by atoms with E-state index in [0.717, 1.165) is 82.3 Å². The van der Waals surface area contributed by atoms with Gasteiger partial charge >= 0.3 is 0 Å². The molecule has 0 bridgehead atoms. The van der Waals surface area contributed by atoms with Crippen LogP contribution in [0.2, 0.25) is 0 Å². The fourth-order valence-electron chi connectivity index (χ4n) is 8.82. The molecule has 0 unspecified atom stereocenters. The summed E-state index contributed by atoms with van der Waals surface area (Å²) < 4.78 is 0. The van der Waals surface area contributed by atoms with E-state index in [4.69, 9.17) is 0 Å². The van der Waals surface area contributed by atoms with Gasteiger partial charge in [0.1, 0.15) is 0 Å². The highest BCUT2D eigenvalue weighted by atomic mass is 15.2. The summed E-state index contributed by atoms with van der Waals surface area (Å²) in [7, 11) is 0. The molecule has 0 aliphatic rings. The van der Waals surface area contributed by atoms with Crippen molar-refractivity contribution in [2.45, 2.75) is 27.3 Å². The van der Waals surface area contributed by atoms with Crippen LogP contribution in [-0.2, 0) is 6.54 Å². The molecule has 0 fully saturated rings. The van der Waals surface area contributed by atoms with E-state index < -0.39 is 0 Å². The Morgan fingerprint density at radius 1 is 0.562 bits per heavy atom. The van der Waals surface area contributed by atoms with E-state index in [1.807, 2.05) is 37.3 Å². The lowest BCUT2D eigenvalue weighted by Crippen LogP contribution is -2.21. The van der Waals surface area contributed by atoms with E-state index in [9.17, 15) is 0 Å². The van der Waals surface area contributed by atoms with Gasteiger partial charge in [-0.05, 0) is 152 Å². The molecule has 7 aromatic carbocycles. The average Bonchev–Trinajstić information content (AvgIpc) is 3.41. The molecule has 0 N–H and O–H groups in total. The number of benzene rings is 6. The molecule has 0 aliphatic heterocycles. The smallest absolute Gasteiger partial charge is 0.0853 e. The minimum atomic E-state index is 0.558. The van der Waals surface area contributed by atoms with E-state index in [1.165, 1.54) is 16.3 Å². The Bertz CT molecular complexity index is 3660. The van der Waals surface area contributed by atoms with Crippen molar-refractivity contribution in [3.05, 3.63) is 324 Å². The number of nitrogens with zero attached hydrogens (tertiary/aromatic N) is 2. The molecule has 0 spiro atoms. The van der Waals surface area contributed by atoms with Gasteiger partial charge in [-0.15, -0.1) is 0 Å². The molecule has 2 nitrogen and oxygen atoms in total. The lowest BCUT2D eigenvalue weighted by atomic mass is 9.89. The summed E-state index contributed by atoms with van der Waals surface area (Å²) in [5.74, 6) is 0. The molecule has 0 aliphatic carbocycles. The maximum absolute atomic E-state index is 4.28. The monoisotopic (exact) mass is 945 g/mol. The van der Waals surface area contributed by atoms with E-state index in [0.29, 0.717) is 12.2 Å². The summed E-state index contributed by atoms with van der Waals surface area (Å²) in [6.07, 6.45) is 34.9. The molecule has 0 saturated heterocycles. The summed E-state index contributed by atoms with van der Waals surface area (Å²) in [4.78, 5) is 6.45. The first-order valence-electron chi connectivity index (χ1n) is 24.7. The van der Waals surface area contributed by atoms with Crippen molar-refractivity contribution >= 4 is 62.8 Å². The minimum Gasteiger partial charge on any atom is -0.335 e. The summed E-state index contributed by atoms with van der Waals surface area (Å²) in [5, 5.41) is 9.03. The van der Waals surface area contributed by atoms with Crippen LogP contribution < -0.4 is 10.4 Å². The number of hydrogen-bond donors (Lipinski definition) is 0. The Morgan fingerprint density at radius 3 is 2.00 bits per heavy atom. The second kappa shape index (κ2) is 26.2. The third kappa shape index (κ3) is 13.4. The van der Waals surface area contributed by atoms with Crippen molar-refractivity contribution in [2.24, 2.45) is 4.99 Å². The van der Waals surface area contributed by atoms with Gasteiger partial charge in [0.15, 0.2) is 0 Å². The van der Waals surface area contributed by atoms with Crippen LogP contribution >= 0.6 is 0 Å². The van der Waals surface area contributed by atoms with Gasteiger partial charge in [-0.3, -0.25) is 4.99 Å². The van der Waals surface area contributed by atoms with Crippen LogP contribution in [0, 0.1) is 6.92 Å². The molecule has 0 saturated carbocycles. The van der Waals surface area contributed by atoms with Gasteiger partial charge in [0, 0.05) is 12.2 Å². The quantitative estimate of drug-likeness (QED) is 0.0618. The number of hydrogen-bond acceptors (Lipinski definition) is 2. The van der Waals surface area contributed by atoms with Crippen molar-refractivity contribution in [1.82, 2.24) is 4.90 Å². The van der Waals surface area contributed by atoms with Gasteiger partial charge in [0.05, 0.1) is 11.4 Å². The van der Waals surface area contributed by atoms with E-state index in [-0.39, 0.29) is 0 Å². The Balaban J connectivity index is 1.39. The van der Waals surface area contributed by atoms with E-state index in [2.05, 4.69) is 269 Å². The van der Waals surface area contributed by atoms with E-state index >= 15 is 0 Å². The standard InChI is InChI=1S/C71H64N2/c1-9-14-30-59(43-42-57(62-45-44-60-48-53(6)38-40-63(60)50-62)33-20-16-15-19-31-56-32-24-23-29-54(56)7)71-67-37-26-25-35-58(67)34-21-17-18-22-36-68(71)65-47-46-61-49-55(39-41-64(61)51-65)52-73(66(27-10-2)28-11-3)70(13-5)69(12-4)72-8/h9-51H,2,4-5,7-8,52H2,1,3,6H3/b14-9+,18-17?,19-15+,20-16-,21-17?,22-18?,28-11-,34-21?,36-22?,43-42-,56-31-,57-33-,58-34?,59-30+,66-27+,68-36?,70-69-,71-67?,71-68?. The highest BCUT2D eigenvalue weighted by Gasteiger charge is 2.16. The molecule has 358 valence electrons. The lowest BCUT2D eigenvalue weighted by molar-refractivity contribution is 0.443. The van der Waals surface area contributed by atoms with Crippen molar-refractivity contribution < 1.29 is 0 Å². The molecule has 0 atom stereocenters. The zero-order valence-corrected chi connectivity index (χ0v) is 42.5. The van der Waals surface area contributed by atoms with Crippen LogP contribution in [0.4, 0.5) is 0 Å². The largest absolute Gasteiger partial charge is 0.335 e. The third-order valence-corrected chi connectivity index (χ3v) is 12.4. The second-order valence-electron chi connectivity index (χ2n) is 17.4. The fourth-order valence-corrected chi connectivity index (χ4v) is 8.82. The maximum Gasteiger partial charge on any atom is 0.0853 e. The molecule has 73 heavy (non-hydrogen) atoms. The average molecular weight is 945 g/mol. The highest BCUT2D eigenvalue weighted by Crippen LogP contribution is 2.37. The van der Waals surface area contributed by atoms with Crippen molar-refractivity contribution in [3.8, 4) is 11.1 Å². The molecule has 0 radical (unpaired) electrons. The van der Waals surface area contributed by atoms with Crippen LogP contribution in [0.1, 0.15) is 36.1 Å². The lowest BCUT2D eigenvalue weighted by Gasteiger charge is -2.28. The maximum atomic E-state index is 4.28. The Hall–Kier alpha value is -9.11. The minimum absolute atomic E-state index is 0.558. The van der Waals surface area contributed by atoms with E-state index in [1.54, 1.807) is 18.2 Å². The van der Waals surface area contributed by atoms with Crippen molar-refractivity contribution in [3.63, 3.8) is 0 Å². The Morgan fingerprint density at radius 2 is 1.23 bits per heavy atom. The molecule has 7 aromatic rings. The molecular weight excluding hydrogens is 881 g/mol. The van der Waals surface area contributed by atoms with Gasteiger partial charge in [-0.25, -0.2) is 0 Å². The third-order valence-electron chi connectivity index (χ3n) is 12.4. The van der Waals surface area contributed by atoms with Crippen molar-refractivity contribution in [1.29, 1.82) is 0 Å². The van der Waals surface area contributed by atoms with Gasteiger partial charge in [-0.2, -0.15) is 0 Å². The normalized spacial score (nSPS) is 13.2. The molecule has 0 aromatic heterocycles. The summed E-state index contributed by atoms with van der Waals surface area (Å²) in [6.45, 7) is 26.9. The van der Waals surface area contributed by atoms with Crippen LogP contribution in [0.3, 0.4) is 0 Å². The summed E-state index contributed by atoms with van der Waals surface area (Å²) in [5.41, 5.74) is 11.3. The zero-order chi connectivity index (χ0) is 51.4. The second-order valence-corrected chi connectivity index (χ2v) is 17.4. The molecule has 7 rings (SSSR count). The number of rotatable bonds is 18. The van der Waals surface area contributed by atoms with Gasteiger partial charge in [-0.1, -0.05) is 250 Å². The predicted molar refractivity (Wildman–Crippen MR) is 323 cm³/mol. The number of allylic oxidation sites excluding steroid dienone is 18. The Labute approximate surface area is 433 Å². The molecule has 0 amide bonds. The topological polar surface area (TPSA) is 15.6 Å². The van der Waals surface area contributed by atoms with Crippen molar-refractivity contribution in [2.75, 3.05) is 0 Å². The zero-order valence-electron chi connectivity index (χ0n) is 42.5. The summed E-state index contributed by atoms with van der Waals surface area (Å²) >= 11 is 0. The van der Waals surface area contributed by atoms with Crippen LogP contribution in [0.5, 0.6) is 0 Å². The number of fused-ring (bicyclic) bond motifs is 3. The Kier molecular flexibility index (Phi) is 18.6. The first kappa shape index (κ1) is 51.7. The molecular formula is C71H64N2. The predicted octanol–water partition coefficient (Wildman–Crippen LogP) is 17.6. The molecule has 0 heterocycles.